The topological polar surface area (TPSA) is 76.3 Å². The third-order valence-electron chi connectivity index (χ3n) is 3.21. The van der Waals surface area contributed by atoms with Gasteiger partial charge in [0.1, 0.15) is 0 Å². The minimum atomic E-state index is -3.18. The van der Waals surface area contributed by atoms with Crippen LogP contribution in [-0.2, 0) is 16.4 Å². The molecule has 0 bridgehead atoms. The van der Waals surface area contributed by atoms with Crippen LogP contribution in [0.25, 0.3) is 0 Å². The lowest BCUT2D eigenvalue weighted by Crippen LogP contribution is -2.46. The molecule has 2 rings (SSSR count). The van der Waals surface area contributed by atoms with Crippen molar-refractivity contribution < 1.29 is 8.42 Å². The van der Waals surface area contributed by atoms with Gasteiger partial charge in [-0.3, -0.25) is 4.98 Å². The van der Waals surface area contributed by atoms with Crippen molar-refractivity contribution >= 4 is 10.0 Å². The molecule has 100 valence electrons. The Hall–Kier alpha value is -0.980. The van der Waals surface area contributed by atoms with Crippen LogP contribution >= 0.6 is 0 Å². The first-order valence-electron chi connectivity index (χ1n) is 6.20. The monoisotopic (exact) mass is 269 g/mol. The second-order valence-corrected chi connectivity index (χ2v) is 6.77. The average Bonchev–Trinajstić information content (AvgIpc) is 2.38. The molecule has 5 nitrogen and oxygen atoms in total. The molecule has 0 radical (unpaired) electrons. The van der Waals surface area contributed by atoms with Gasteiger partial charge in [-0.1, -0.05) is 0 Å². The smallest absolute Gasteiger partial charge is 0.214 e. The molecule has 0 saturated carbocycles. The normalized spacial score (nSPS) is 21.9. The molecule has 2 N–H and O–H groups in total. The van der Waals surface area contributed by atoms with Crippen molar-refractivity contribution in [1.29, 1.82) is 0 Å². The van der Waals surface area contributed by atoms with Crippen LogP contribution in [0.3, 0.4) is 0 Å². The van der Waals surface area contributed by atoms with Crippen molar-refractivity contribution in [3.8, 4) is 0 Å². The van der Waals surface area contributed by atoms with Gasteiger partial charge in [-0.05, 0) is 37.0 Å². The van der Waals surface area contributed by atoms with E-state index in [0.717, 1.165) is 18.4 Å². The maximum atomic E-state index is 12.2. The third kappa shape index (κ3) is 3.51. The van der Waals surface area contributed by atoms with E-state index in [1.807, 2.05) is 12.1 Å². The van der Waals surface area contributed by atoms with Crippen LogP contribution in [0.2, 0.25) is 0 Å². The summed E-state index contributed by atoms with van der Waals surface area (Å²) in [5.41, 5.74) is 6.81. The van der Waals surface area contributed by atoms with Crippen molar-refractivity contribution in [3.63, 3.8) is 0 Å². The molecule has 0 unspecified atom stereocenters. The molecule has 0 aliphatic carbocycles. The molecule has 6 heteroatoms. The molecule has 1 aliphatic rings. The molecule has 0 spiro atoms. The van der Waals surface area contributed by atoms with Gasteiger partial charge in [0.25, 0.3) is 0 Å². The molecule has 1 fully saturated rings. The number of nitrogens with zero attached hydrogens (tertiary/aromatic N) is 2. The number of pyridine rings is 1. The van der Waals surface area contributed by atoms with Gasteiger partial charge in [-0.2, -0.15) is 0 Å². The second-order valence-electron chi connectivity index (χ2n) is 4.68. The van der Waals surface area contributed by atoms with Gasteiger partial charge < -0.3 is 5.73 Å². The molecule has 0 amide bonds. The average molecular weight is 269 g/mol. The zero-order valence-corrected chi connectivity index (χ0v) is 11.1. The van der Waals surface area contributed by atoms with Crippen LogP contribution in [0, 0.1) is 0 Å². The first-order chi connectivity index (χ1) is 8.58. The van der Waals surface area contributed by atoms with E-state index in [1.165, 1.54) is 4.31 Å². The highest BCUT2D eigenvalue weighted by molar-refractivity contribution is 7.89. The van der Waals surface area contributed by atoms with E-state index in [2.05, 4.69) is 4.98 Å². The largest absolute Gasteiger partial charge is 0.327 e. The molecule has 18 heavy (non-hydrogen) atoms. The van der Waals surface area contributed by atoms with Gasteiger partial charge >= 0.3 is 0 Å². The number of aromatic nitrogens is 1. The number of rotatable bonds is 4. The van der Waals surface area contributed by atoms with E-state index < -0.39 is 10.0 Å². The summed E-state index contributed by atoms with van der Waals surface area (Å²) in [4.78, 5) is 3.91. The summed E-state index contributed by atoms with van der Waals surface area (Å²) in [6.07, 6.45) is 5.65. The van der Waals surface area contributed by atoms with Gasteiger partial charge in [-0.15, -0.1) is 0 Å². The Bertz CT molecular complexity index is 475. The molecule has 1 saturated heterocycles. The van der Waals surface area contributed by atoms with Crippen LogP contribution in [0.5, 0.6) is 0 Å². The van der Waals surface area contributed by atoms with E-state index in [-0.39, 0.29) is 11.8 Å². The lowest BCUT2D eigenvalue weighted by molar-refractivity contribution is 0.316. The van der Waals surface area contributed by atoms with Crippen LogP contribution in [0.4, 0.5) is 0 Å². The SMILES string of the molecule is N[C@@H]1CCCN(S(=O)(=O)CCc2ccncc2)C1. The van der Waals surface area contributed by atoms with E-state index in [4.69, 9.17) is 5.73 Å². The second kappa shape index (κ2) is 5.77. The Morgan fingerprint density at radius 3 is 2.78 bits per heavy atom. The van der Waals surface area contributed by atoms with Crippen molar-refractivity contribution in [2.45, 2.75) is 25.3 Å². The summed E-state index contributed by atoms with van der Waals surface area (Å²) in [5.74, 6) is 0.143. The van der Waals surface area contributed by atoms with Crippen molar-refractivity contribution in [2.75, 3.05) is 18.8 Å². The molecular weight excluding hydrogens is 250 g/mol. The van der Waals surface area contributed by atoms with Crippen LogP contribution in [0.1, 0.15) is 18.4 Å². The predicted molar refractivity (Wildman–Crippen MR) is 70.5 cm³/mol. The number of aryl methyl sites for hydroxylation is 1. The van der Waals surface area contributed by atoms with Crippen molar-refractivity contribution in [1.82, 2.24) is 9.29 Å². The summed E-state index contributed by atoms with van der Waals surface area (Å²) >= 11 is 0. The number of hydrogen-bond donors (Lipinski definition) is 1. The summed E-state index contributed by atoms with van der Waals surface area (Å²) in [6, 6.07) is 3.67. The molecular formula is C12H19N3O2S. The lowest BCUT2D eigenvalue weighted by Gasteiger charge is -2.29. The van der Waals surface area contributed by atoms with E-state index in [9.17, 15) is 8.42 Å². The summed E-state index contributed by atoms with van der Waals surface area (Å²) in [6.45, 7) is 1.06. The fourth-order valence-electron chi connectivity index (χ4n) is 2.15. The zero-order valence-electron chi connectivity index (χ0n) is 10.3. The first kappa shape index (κ1) is 13.5. The molecule has 2 heterocycles. The van der Waals surface area contributed by atoms with Crippen LogP contribution < -0.4 is 5.73 Å². The van der Waals surface area contributed by atoms with Crippen molar-refractivity contribution in [3.05, 3.63) is 30.1 Å². The fraction of sp³-hybridized carbons (Fsp3) is 0.583. The summed E-state index contributed by atoms with van der Waals surface area (Å²) in [7, 11) is -3.18. The van der Waals surface area contributed by atoms with Gasteiger partial charge in [0.15, 0.2) is 0 Å². The van der Waals surface area contributed by atoms with E-state index in [0.29, 0.717) is 19.5 Å². The number of nitrogens with two attached hydrogens (primary N) is 1. The maximum absolute atomic E-state index is 12.2. The van der Waals surface area contributed by atoms with E-state index in [1.54, 1.807) is 12.4 Å². The van der Waals surface area contributed by atoms with E-state index >= 15 is 0 Å². The first-order valence-corrected chi connectivity index (χ1v) is 7.81. The Labute approximate surface area is 108 Å². The highest BCUT2D eigenvalue weighted by Gasteiger charge is 2.26. The highest BCUT2D eigenvalue weighted by Crippen LogP contribution is 2.14. The Morgan fingerprint density at radius 2 is 2.11 bits per heavy atom. The number of hydrogen-bond acceptors (Lipinski definition) is 4. The minimum Gasteiger partial charge on any atom is -0.327 e. The highest BCUT2D eigenvalue weighted by atomic mass is 32.2. The van der Waals surface area contributed by atoms with Gasteiger partial charge in [0, 0.05) is 31.5 Å². The molecule has 1 atom stereocenters. The van der Waals surface area contributed by atoms with Crippen LogP contribution in [-0.4, -0.2) is 42.6 Å². The standard InChI is InChI=1S/C12H19N3O2S/c13-12-2-1-8-15(10-12)18(16,17)9-5-11-3-6-14-7-4-11/h3-4,6-7,12H,1-2,5,8-10,13H2/t12-/m1/s1. The van der Waals surface area contributed by atoms with Gasteiger partial charge in [0.05, 0.1) is 5.75 Å². The summed E-state index contributed by atoms with van der Waals surface area (Å²) in [5, 5.41) is 0. The minimum absolute atomic E-state index is 0.0190. The Kier molecular flexibility index (Phi) is 4.31. The fourth-order valence-corrected chi connectivity index (χ4v) is 3.73. The lowest BCUT2D eigenvalue weighted by atomic mass is 10.1. The number of sulfonamides is 1. The quantitative estimate of drug-likeness (QED) is 0.857. The zero-order chi connectivity index (χ0) is 13.0. The molecule has 1 aromatic heterocycles. The Balaban J connectivity index is 1.95. The molecule has 1 aliphatic heterocycles. The predicted octanol–water partition coefficient (Wildman–Crippen LogP) is 0.377. The molecule has 1 aromatic rings. The van der Waals surface area contributed by atoms with Crippen LogP contribution in [0.15, 0.2) is 24.5 Å². The third-order valence-corrected chi connectivity index (χ3v) is 5.05. The molecule has 0 aromatic carbocycles. The van der Waals surface area contributed by atoms with Gasteiger partial charge in [0.2, 0.25) is 10.0 Å². The maximum Gasteiger partial charge on any atom is 0.214 e. The van der Waals surface area contributed by atoms with Gasteiger partial charge in [-0.25, -0.2) is 12.7 Å². The summed E-state index contributed by atoms with van der Waals surface area (Å²) < 4.78 is 25.8. The Morgan fingerprint density at radius 1 is 1.39 bits per heavy atom. The van der Waals surface area contributed by atoms with Crippen molar-refractivity contribution in [2.24, 2.45) is 5.73 Å². The number of piperidine rings is 1.